The third-order valence-corrected chi connectivity index (χ3v) is 1.70. The molecule has 0 aliphatic carbocycles. The van der Waals surface area contributed by atoms with Gasteiger partial charge in [0.25, 0.3) is 0 Å². The van der Waals surface area contributed by atoms with E-state index < -0.39 is 0 Å². The fraction of sp³-hybridized carbons (Fsp3) is 0.636. The number of carbonyl (C=O) groups excluding carboxylic acids is 1. The van der Waals surface area contributed by atoms with Gasteiger partial charge in [0, 0.05) is 0 Å². The van der Waals surface area contributed by atoms with Crippen LogP contribution in [-0.2, 0) is 9.53 Å². The monoisotopic (exact) mass is 183 g/mol. The third-order valence-electron chi connectivity index (χ3n) is 1.70. The number of esters is 1. The van der Waals surface area contributed by atoms with E-state index in [1.54, 1.807) is 6.92 Å². The van der Waals surface area contributed by atoms with E-state index in [0.717, 1.165) is 6.42 Å². The SMILES string of the molecule is C[CH]C(=O)OC/C=C/CCCCC. The fourth-order valence-electron chi connectivity index (χ4n) is 0.912. The van der Waals surface area contributed by atoms with Crippen LogP contribution in [0.5, 0.6) is 0 Å². The van der Waals surface area contributed by atoms with Crippen LogP contribution in [0, 0.1) is 6.42 Å². The van der Waals surface area contributed by atoms with Crippen molar-refractivity contribution in [2.24, 2.45) is 0 Å². The summed E-state index contributed by atoms with van der Waals surface area (Å²) in [7, 11) is 0. The smallest absolute Gasteiger partial charge is 0.309 e. The molecule has 0 aliphatic heterocycles. The largest absolute Gasteiger partial charge is 0.461 e. The first-order valence-corrected chi connectivity index (χ1v) is 4.92. The average molecular weight is 183 g/mol. The van der Waals surface area contributed by atoms with Gasteiger partial charge in [-0.3, -0.25) is 4.79 Å². The van der Waals surface area contributed by atoms with Crippen molar-refractivity contribution >= 4 is 5.97 Å². The molecule has 75 valence electrons. The molecule has 0 unspecified atom stereocenters. The molecule has 0 rings (SSSR count). The number of hydrogen-bond donors (Lipinski definition) is 0. The molecule has 0 saturated heterocycles. The van der Waals surface area contributed by atoms with Gasteiger partial charge in [-0.1, -0.05) is 38.8 Å². The highest BCUT2D eigenvalue weighted by molar-refractivity contribution is 5.78. The highest BCUT2D eigenvalue weighted by Gasteiger charge is 1.93. The molecule has 2 heteroatoms. The van der Waals surface area contributed by atoms with Crippen LogP contribution in [0.15, 0.2) is 12.2 Å². The number of hydrogen-bond acceptors (Lipinski definition) is 2. The predicted octanol–water partition coefficient (Wildman–Crippen LogP) is 2.89. The summed E-state index contributed by atoms with van der Waals surface area (Å²) >= 11 is 0. The van der Waals surface area contributed by atoms with E-state index >= 15 is 0 Å². The standard InChI is InChI=1S/C11H19O2/c1-3-5-6-7-8-9-10-13-11(12)4-2/h4,8-9H,3,5-7,10H2,1-2H3/b9-8+. The van der Waals surface area contributed by atoms with Gasteiger partial charge in [0.15, 0.2) is 0 Å². The van der Waals surface area contributed by atoms with Crippen molar-refractivity contribution in [3.8, 4) is 0 Å². The summed E-state index contributed by atoms with van der Waals surface area (Å²) in [5.41, 5.74) is 0. The molecule has 0 N–H and O–H groups in total. The zero-order valence-corrected chi connectivity index (χ0v) is 8.58. The minimum Gasteiger partial charge on any atom is -0.461 e. The van der Waals surface area contributed by atoms with E-state index in [-0.39, 0.29) is 5.97 Å². The molecular weight excluding hydrogens is 164 g/mol. The van der Waals surface area contributed by atoms with Gasteiger partial charge in [0.05, 0.1) is 6.42 Å². The Morgan fingerprint density at radius 1 is 1.31 bits per heavy atom. The number of unbranched alkanes of at least 4 members (excludes halogenated alkanes) is 3. The summed E-state index contributed by atoms with van der Waals surface area (Å²) < 4.78 is 4.82. The van der Waals surface area contributed by atoms with E-state index in [0.29, 0.717) is 6.61 Å². The van der Waals surface area contributed by atoms with Gasteiger partial charge in [0.1, 0.15) is 6.61 Å². The Morgan fingerprint density at radius 2 is 2.08 bits per heavy atom. The molecule has 0 saturated carbocycles. The van der Waals surface area contributed by atoms with Crippen molar-refractivity contribution in [2.45, 2.75) is 39.5 Å². The topological polar surface area (TPSA) is 26.3 Å². The Kier molecular flexibility index (Phi) is 8.73. The van der Waals surface area contributed by atoms with E-state index in [9.17, 15) is 4.79 Å². The van der Waals surface area contributed by atoms with Gasteiger partial charge in [-0.25, -0.2) is 0 Å². The Labute approximate surface area is 81.0 Å². The normalized spacial score (nSPS) is 10.6. The molecule has 0 amide bonds. The molecule has 0 bridgehead atoms. The number of rotatable bonds is 7. The average Bonchev–Trinajstić information content (AvgIpc) is 2.16. The third kappa shape index (κ3) is 9.12. The molecule has 0 fully saturated rings. The highest BCUT2D eigenvalue weighted by atomic mass is 16.5. The van der Waals surface area contributed by atoms with Crippen LogP contribution in [0.2, 0.25) is 0 Å². The molecule has 13 heavy (non-hydrogen) atoms. The molecule has 2 nitrogen and oxygen atoms in total. The van der Waals surface area contributed by atoms with E-state index in [1.807, 2.05) is 6.08 Å². The lowest BCUT2D eigenvalue weighted by molar-refractivity contribution is -0.138. The lowest BCUT2D eigenvalue weighted by Gasteiger charge is -1.97. The summed E-state index contributed by atoms with van der Waals surface area (Å²) in [6.45, 7) is 4.26. The molecule has 0 aromatic rings. The van der Waals surface area contributed by atoms with E-state index in [2.05, 4.69) is 13.0 Å². The Morgan fingerprint density at radius 3 is 2.69 bits per heavy atom. The predicted molar refractivity (Wildman–Crippen MR) is 54.2 cm³/mol. The van der Waals surface area contributed by atoms with Crippen LogP contribution < -0.4 is 0 Å². The van der Waals surface area contributed by atoms with Crippen LogP contribution in [0.25, 0.3) is 0 Å². The van der Waals surface area contributed by atoms with Crippen molar-refractivity contribution in [1.29, 1.82) is 0 Å². The maximum absolute atomic E-state index is 10.6. The minimum absolute atomic E-state index is 0.252. The second kappa shape index (κ2) is 9.30. The summed E-state index contributed by atoms with van der Waals surface area (Å²) in [4.78, 5) is 10.6. The maximum Gasteiger partial charge on any atom is 0.309 e. The Balaban J connectivity index is 3.17. The van der Waals surface area contributed by atoms with Crippen molar-refractivity contribution in [1.82, 2.24) is 0 Å². The van der Waals surface area contributed by atoms with Crippen molar-refractivity contribution in [3.63, 3.8) is 0 Å². The van der Waals surface area contributed by atoms with Gasteiger partial charge in [-0.05, 0) is 12.8 Å². The van der Waals surface area contributed by atoms with Gasteiger partial charge in [0.2, 0.25) is 0 Å². The molecule has 0 aromatic heterocycles. The first kappa shape index (κ1) is 12.2. The fourth-order valence-corrected chi connectivity index (χ4v) is 0.912. The number of allylic oxidation sites excluding steroid dienone is 1. The zero-order valence-electron chi connectivity index (χ0n) is 8.58. The molecule has 0 spiro atoms. The first-order valence-electron chi connectivity index (χ1n) is 4.92. The van der Waals surface area contributed by atoms with Crippen LogP contribution in [-0.4, -0.2) is 12.6 Å². The second-order valence-corrected chi connectivity index (χ2v) is 2.89. The molecule has 0 aromatic carbocycles. The molecule has 0 heterocycles. The molecule has 1 radical (unpaired) electrons. The summed E-state index contributed by atoms with van der Waals surface area (Å²) in [6.07, 6.45) is 10.2. The Hall–Kier alpha value is -0.790. The van der Waals surface area contributed by atoms with E-state index in [1.165, 1.54) is 25.7 Å². The van der Waals surface area contributed by atoms with Gasteiger partial charge in [-0.2, -0.15) is 0 Å². The quantitative estimate of drug-likeness (QED) is 0.344. The van der Waals surface area contributed by atoms with Gasteiger partial charge in [-0.15, -0.1) is 0 Å². The second-order valence-electron chi connectivity index (χ2n) is 2.89. The number of carbonyl (C=O) groups is 1. The summed E-state index contributed by atoms with van der Waals surface area (Å²) in [5, 5.41) is 0. The molecule has 0 aliphatic rings. The number of ether oxygens (including phenoxy) is 1. The van der Waals surface area contributed by atoms with Crippen molar-refractivity contribution < 1.29 is 9.53 Å². The minimum atomic E-state index is -0.252. The maximum atomic E-state index is 10.6. The summed E-state index contributed by atoms with van der Waals surface area (Å²) in [5.74, 6) is -0.252. The Bertz CT molecular complexity index is 150. The molecular formula is C11H19O2. The lowest BCUT2D eigenvalue weighted by Crippen LogP contribution is -2.02. The highest BCUT2D eigenvalue weighted by Crippen LogP contribution is 1.99. The van der Waals surface area contributed by atoms with Crippen LogP contribution in [0.3, 0.4) is 0 Å². The first-order chi connectivity index (χ1) is 6.31. The van der Waals surface area contributed by atoms with Gasteiger partial charge >= 0.3 is 5.97 Å². The van der Waals surface area contributed by atoms with E-state index in [4.69, 9.17) is 4.74 Å². The van der Waals surface area contributed by atoms with Crippen LogP contribution >= 0.6 is 0 Å². The zero-order chi connectivity index (χ0) is 9.94. The molecule has 0 atom stereocenters. The lowest BCUT2D eigenvalue weighted by atomic mass is 10.2. The summed E-state index contributed by atoms with van der Waals surface area (Å²) in [6, 6.07) is 0. The van der Waals surface area contributed by atoms with Gasteiger partial charge < -0.3 is 4.74 Å². The van der Waals surface area contributed by atoms with Crippen molar-refractivity contribution in [3.05, 3.63) is 18.6 Å². The van der Waals surface area contributed by atoms with Crippen LogP contribution in [0.1, 0.15) is 39.5 Å². The van der Waals surface area contributed by atoms with Crippen LogP contribution in [0.4, 0.5) is 0 Å². The van der Waals surface area contributed by atoms with Crippen molar-refractivity contribution in [2.75, 3.05) is 6.61 Å².